The largest absolute Gasteiger partial charge is 0.446 e. The number of anilines is 1. The molecule has 86 valence electrons. The SMILES string of the molecule is CC(C)(O)c1coc(Cn2ncc(N)n2)n1. The van der Waals surface area contributed by atoms with Gasteiger partial charge in [-0.15, -0.1) is 5.10 Å². The smallest absolute Gasteiger partial charge is 0.217 e. The number of oxazole rings is 1. The first-order valence-corrected chi connectivity index (χ1v) is 4.78. The standard InChI is InChI=1S/C9H13N5O2/c1-9(2,15)6-5-16-8(12-6)4-14-11-3-7(10)13-14/h3,5,15H,4H2,1-2H3,(H2,10,13). The fraction of sp³-hybridized carbons (Fsp3) is 0.444. The molecule has 0 unspecified atom stereocenters. The van der Waals surface area contributed by atoms with Gasteiger partial charge in [0.25, 0.3) is 0 Å². The average molecular weight is 223 g/mol. The van der Waals surface area contributed by atoms with Crippen molar-refractivity contribution in [2.75, 3.05) is 5.73 Å². The molecule has 0 radical (unpaired) electrons. The van der Waals surface area contributed by atoms with Crippen LogP contribution in [0.5, 0.6) is 0 Å². The van der Waals surface area contributed by atoms with E-state index in [-0.39, 0.29) is 6.54 Å². The van der Waals surface area contributed by atoms with Gasteiger partial charge in [-0.1, -0.05) is 0 Å². The molecule has 0 aliphatic carbocycles. The molecule has 0 saturated heterocycles. The van der Waals surface area contributed by atoms with Crippen LogP contribution in [0.1, 0.15) is 25.4 Å². The number of hydrogen-bond acceptors (Lipinski definition) is 6. The number of nitrogen functional groups attached to an aromatic ring is 1. The molecule has 0 aromatic carbocycles. The Kier molecular flexibility index (Phi) is 2.39. The lowest BCUT2D eigenvalue weighted by molar-refractivity contribution is 0.0737. The molecule has 0 atom stereocenters. The molecule has 2 rings (SSSR count). The van der Waals surface area contributed by atoms with Crippen molar-refractivity contribution < 1.29 is 9.52 Å². The highest BCUT2D eigenvalue weighted by Crippen LogP contribution is 2.18. The van der Waals surface area contributed by atoms with Crippen LogP contribution in [0.4, 0.5) is 5.82 Å². The van der Waals surface area contributed by atoms with E-state index in [1.807, 2.05) is 0 Å². The molecule has 0 spiro atoms. The first kappa shape index (κ1) is 10.6. The van der Waals surface area contributed by atoms with Crippen molar-refractivity contribution in [2.24, 2.45) is 0 Å². The lowest BCUT2D eigenvalue weighted by atomic mass is 10.1. The summed E-state index contributed by atoms with van der Waals surface area (Å²) in [5.74, 6) is 0.766. The summed E-state index contributed by atoms with van der Waals surface area (Å²) in [4.78, 5) is 5.50. The number of hydrogen-bond donors (Lipinski definition) is 2. The zero-order valence-corrected chi connectivity index (χ0v) is 9.08. The molecule has 16 heavy (non-hydrogen) atoms. The van der Waals surface area contributed by atoms with E-state index in [1.54, 1.807) is 13.8 Å². The molecule has 7 nitrogen and oxygen atoms in total. The van der Waals surface area contributed by atoms with Gasteiger partial charge < -0.3 is 15.3 Å². The minimum atomic E-state index is -1.02. The normalized spacial score (nSPS) is 11.9. The fourth-order valence-electron chi connectivity index (χ4n) is 1.17. The molecule has 0 bridgehead atoms. The van der Waals surface area contributed by atoms with Crippen LogP contribution in [-0.2, 0) is 12.1 Å². The summed E-state index contributed by atoms with van der Waals surface area (Å²) in [5, 5.41) is 17.5. The minimum absolute atomic E-state index is 0.285. The van der Waals surface area contributed by atoms with Gasteiger partial charge in [0.2, 0.25) is 5.89 Å². The molecule has 0 amide bonds. The van der Waals surface area contributed by atoms with Crippen molar-refractivity contribution in [2.45, 2.75) is 26.0 Å². The molecule has 0 aliphatic rings. The Hall–Kier alpha value is -1.89. The number of aliphatic hydroxyl groups is 1. The Balaban J connectivity index is 2.14. The summed E-state index contributed by atoms with van der Waals surface area (Å²) in [6, 6.07) is 0. The zero-order chi connectivity index (χ0) is 11.8. The highest BCUT2D eigenvalue weighted by molar-refractivity contribution is 5.19. The van der Waals surface area contributed by atoms with Crippen molar-refractivity contribution in [3.63, 3.8) is 0 Å². The van der Waals surface area contributed by atoms with E-state index >= 15 is 0 Å². The third kappa shape index (κ3) is 2.19. The van der Waals surface area contributed by atoms with Crippen molar-refractivity contribution >= 4 is 5.82 Å². The molecule has 2 aromatic heterocycles. The van der Waals surface area contributed by atoms with Crippen LogP contribution in [0.25, 0.3) is 0 Å². The monoisotopic (exact) mass is 223 g/mol. The quantitative estimate of drug-likeness (QED) is 0.766. The lowest BCUT2D eigenvalue weighted by Gasteiger charge is -2.11. The Morgan fingerprint density at radius 3 is 2.81 bits per heavy atom. The average Bonchev–Trinajstić information content (AvgIpc) is 2.74. The minimum Gasteiger partial charge on any atom is -0.446 e. The van der Waals surface area contributed by atoms with E-state index in [2.05, 4.69) is 15.2 Å². The topological polar surface area (TPSA) is 103 Å². The predicted molar refractivity (Wildman–Crippen MR) is 55.3 cm³/mol. The highest BCUT2D eigenvalue weighted by atomic mass is 16.3. The van der Waals surface area contributed by atoms with E-state index < -0.39 is 5.60 Å². The maximum Gasteiger partial charge on any atom is 0.217 e. The van der Waals surface area contributed by atoms with Crippen molar-refractivity contribution in [1.29, 1.82) is 0 Å². The molecule has 3 N–H and O–H groups in total. The van der Waals surface area contributed by atoms with Gasteiger partial charge in [-0.3, -0.25) is 0 Å². The van der Waals surface area contributed by atoms with Gasteiger partial charge in [-0.05, 0) is 13.8 Å². The summed E-state index contributed by atoms with van der Waals surface area (Å²) >= 11 is 0. The third-order valence-corrected chi connectivity index (χ3v) is 2.01. The van der Waals surface area contributed by atoms with E-state index in [1.165, 1.54) is 17.3 Å². The molecule has 0 aliphatic heterocycles. The summed E-state index contributed by atoms with van der Waals surface area (Å²) < 4.78 is 5.19. The van der Waals surface area contributed by atoms with Gasteiger partial charge in [-0.2, -0.15) is 9.90 Å². The third-order valence-electron chi connectivity index (χ3n) is 2.01. The summed E-state index contributed by atoms with van der Waals surface area (Å²) in [6.45, 7) is 3.56. The Morgan fingerprint density at radius 1 is 1.56 bits per heavy atom. The van der Waals surface area contributed by atoms with Crippen LogP contribution in [0.3, 0.4) is 0 Å². The maximum atomic E-state index is 9.69. The maximum absolute atomic E-state index is 9.69. The molecule has 2 heterocycles. The van der Waals surface area contributed by atoms with Gasteiger partial charge in [-0.25, -0.2) is 4.98 Å². The summed E-state index contributed by atoms with van der Waals surface area (Å²) in [6.07, 6.45) is 2.86. The van der Waals surface area contributed by atoms with E-state index in [0.29, 0.717) is 17.4 Å². The second-order valence-corrected chi connectivity index (χ2v) is 3.99. The first-order chi connectivity index (χ1) is 7.45. The summed E-state index contributed by atoms with van der Waals surface area (Å²) in [7, 11) is 0. The van der Waals surface area contributed by atoms with Gasteiger partial charge in [0, 0.05) is 0 Å². The summed E-state index contributed by atoms with van der Waals surface area (Å²) in [5.41, 5.74) is 4.88. The van der Waals surface area contributed by atoms with Crippen LogP contribution in [0.15, 0.2) is 16.9 Å². The van der Waals surface area contributed by atoms with E-state index in [4.69, 9.17) is 10.2 Å². The zero-order valence-electron chi connectivity index (χ0n) is 9.08. The van der Waals surface area contributed by atoms with Gasteiger partial charge in [0.15, 0.2) is 5.82 Å². The first-order valence-electron chi connectivity index (χ1n) is 4.78. The van der Waals surface area contributed by atoms with E-state index in [0.717, 1.165) is 0 Å². The second-order valence-electron chi connectivity index (χ2n) is 3.99. The lowest BCUT2D eigenvalue weighted by Crippen LogP contribution is -2.16. The van der Waals surface area contributed by atoms with Crippen LogP contribution in [0, 0.1) is 0 Å². The van der Waals surface area contributed by atoms with Gasteiger partial charge in [0.1, 0.15) is 24.1 Å². The van der Waals surface area contributed by atoms with E-state index in [9.17, 15) is 5.11 Å². The Bertz CT molecular complexity index is 482. The number of nitrogens with zero attached hydrogens (tertiary/aromatic N) is 4. The molecular weight excluding hydrogens is 210 g/mol. The van der Waals surface area contributed by atoms with Gasteiger partial charge >= 0.3 is 0 Å². The molecule has 2 aromatic rings. The highest BCUT2D eigenvalue weighted by Gasteiger charge is 2.20. The van der Waals surface area contributed by atoms with Crippen LogP contribution >= 0.6 is 0 Å². The number of aromatic nitrogens is 4. The van der Waals surface area contributed by atoms with Crippen molar-refractivity contribution in [3.8, 4) is 0 Å². The molecule has 0 saturated carbocycles. The number of nitrogens with two attached hydrogens (primary N) is 1. The fourth-order valence-corrected chi connectivity index (χ4v) is 1.17. The predicted octanol–water partition coefficient (Wildman–Crippen LogP) is 0.124. The van der Waals surface area contributed by atoms with Crippen LogP contribution in [-0.4, -0.2) is 25.1 Å². The Morgan fingerprint density at radius 2 is 2.31 bits per heavy atom. The Labute approximate surface area is 91.9 Å². The molecule has 7 heteroatoms. The van der Waals surface area contributed by atoms with Crippen LogP contribution < -0.4 is 5.73 Å². The van der Waals surface area contributed by atoms with Crippen molar-refractivity contribution in [1.82, 2.24) is 20.0 Å². The second kappa shape index (κ2) is 3.60. The van der Waals surface area contributed by atoms with Crippen molar-refractivity contribution in [3.05, 3.63) is 24.0 Å². The number of rotatable bonds is 3. The molecule has 0 fully saturated rings. The van der Waals surface area contributed by atoms with Gasteiger partial charge in [0.05, 0.1) is 6.20 Å². The van der Waals surface area contributed by atoms with Crippen LogP contribution in [0.2, 0.25) is 0 Å². The molecular formula is C9H13N5O2.